The summed E-state index contributed by atoms with van der Waals surface area (Å²) < 4.78 is 0. The lowest BCUT2D eigenvalue weighted by atomic mass is 9.86. The van der Waals surface area contributed by atoms with Crippen molar-refractivity contribution >= 4 is 0 Å². The summed E-state index contributed by atoms with van der Waals surface area (Å²) in [5, 5.41) is 0. The highest BCUT2D eigenvalue weighted by Crippen LogP contribution is 2.30. The van der Waals surface area contributed by atoms with Gasteiger partial charge in [-0.15, -0.1) is 0 Å². The number of nitrogens with zero attached hydrogens (tertiary/aromatic N) is 2. The minimum absolute atomic E-state index is 0.140. The highest BCUT2D eigenvalue weighted by molar-refractivity contribution is 5.18. The molecule has 3 nitrogen and oxygen atoms in total. The first-order valence-corrected chi connectivity index (χ1v) is 7.25. The third-order valence-electron chi connectivity index (χ3n) is 4.74. The van der Waals surface area contributed by atoms with Crippen LogP contribution in [0.25, 0.3) is 0 Å². The molecule has 1 aliphatic rings. The molecule has 2 atom stereocenters. The first-order valence-electron chi connectivity index (χ1n) is 7.25. The minimum Gasteiger partial charge on any atom is -0.329 e. The van der Waals surface area contributed by atoms with Gasteiger partial charge in [-0.25, -0.2) is 0 Å². The molecule has 1 aromatic rings. The van der Waals surface area contributed by atoms with Gasteiger partial charge >= 0.3 is 0 Å². The zero-order chi connectivity index (χ0) is 13.9. The molecule has 0 amide bonds. The van der Waals surface area contributed by atoms with E-state index in [4.69, 9.17) is 5.73 Å². The Labute approximate surface area is 117 Å². The average Bonchev–Trinajstić information content (AvgIpc) is 2.47. The second kappa shape index (κ2) is 6.04. The predicted octanol–water partition coefficient (Wildman–Crippen LogP) is 2.10. The molecule has 0 bridgehead atoms. The molecule has 0 radical (unpaired) electrons. The van der Waals surface area contributed by atoms with E-state index < -0.39 is 0 Å². The largest absolute Gasteiger partial charge is 0.329 e. The van der Waals surface area contributed by atoms with Crippen molar-refractivity contribution in [1.29, 1.82) is 0 Å². The first kappa shape index (κ1) is 14.5. The molecule has 0 saturated carbocycles. The Hall–Kier alpha value is -0.900. The lowest BCUT2D eigenvalue weighted by Gasteiger charge is -2.48. The van der Waals surface area contributed by atoms with E-state index in [0.29, 0.717) is 6.04 Å². The number of rotatable bonds is 4. The second-order valence-electron chi connectivity index (χ2n) is 5.98. The fraction of sp³-hybridized carbons (Fsp3) is 0.625. The molecule has 0 spiro atoms. The van der Waals surface area contributed by atoms with E-state index in [1.165, 1.54) is 24.9 Å². The molecule has 2 N–H and O–H groups in total. The summed E-state index contributed by atoms with van der Waals surface area (Å²) in [5.41, 5.74) is 7.61. The van der Waals surface area contributed by atoms with Crippen molar-refractivity contribution in [3.8, 4) is 0 Å². The van der Waals surface area contributed by atoms with E-state index in [1.54, 1.807) is 0 Å². The van der Waals surface area contributed by atoms with Crippen LogP contribution in [0.3, 0.4) is 0 Å². The molecule has 1 fully saturated rings. The molecule has 3 heteroatoms. The number of hydrogen-bond donors (Lipinski definition) is 1. The van der Waals surface area contributed by atoms with Gasteiger partial charge in [-0.1, -0.05) is 30.3 Å². The molecule has 1 aromatic carbocycles. The van der Waals surface area contributed by atoms with Gasteiger partial charge in [0.25, 0.3) is 0 Å². The number of nitrogens with two attached hydrogens (primary N) is 1. The van der Waals surface area contributed by atoms with Crippen molar-refractivity contribution in [3.05, 3.63) is 35.9 Å². The van der Waals surface area contributed by atoms with Crippen molar-refractivity contribution < 1.29 is 0 Å². The van der Waals surface area contributed by atoms with Crippen LogP contribution >= 0.6 is 0 Å². The van der Waals surface area contributed by atoms with Crippen LogP contribution in [0.2, 0.25) is 0 Å². The molecule has 1 saturated heterocycles. The van der Waals surface area contributed by atoms with Gasteiger partial charge in [-0.2, -0.15) is 0 Å². The van der Waals surface area contributed by atoms with Crippen LogP contribution < -0.4 is 5.73 Å². The smallest absolute Gasteiger partial charge is 0.0453 e. The molecule has 0 aliphatic carbocycles. The van der Waals surface area contributed by atoms with Crippen molar-refractivity contribution in [1.82, 2.24) is 9.80 Å². The molecular weight excluding hydrogens is 234 g/mol. The Morgan fingerprint density at radius 1 is 1.32 bits per heavy atom. The van der Waals surface area contributed by atoms with Crippen LogP contribution in [-0.4, -0.2) is 49.1 Å². The van der Waals surface area contributed by atoms with Crippen molar-refractivity contribution in [3.63, 3.8) is 0 Å². The van der Waals surface area contributed by atoms with E-state index in [0.717, 1.165) is 13.1 Å². The number of likely N-dealkylation sites (N-methyl/N-ethyl adjacent to an activating group) is 1. The Balaban J connectivity index is 2.13. The normalized spacial score (nSPS) is 26.6. The van der Waals surface area contributed by atoms with E-state index >= 15 is 0 Å². The lowest BCUT2D eigenvalue weighted by molar-refractivity contribution is 0.0313. The molecule has 19 heavy (non-hydrogen) atoms. The Morgan fingerprint density at radius 3 is 2.58 bits per heavy atom. The van der Waals surface area contributed by atoms with Crippen LogP contribution in [0.15, 0.2) is 30.3 Å². The molecular formula is C16H27N3. The maximum atomic E-state index is 6.07. The van der Waals surface area contributed by atoms with Crippen molar-refractivity contribution in [2.24, 2.45) is 5.73 Å². The maximum absolute atomic E-state index is 6.07. The van der Waals surface area contributed by atoms with E-state index in [-0.39, 0.29) is 5.54 Å². The van der Waals surface area contributed by atoms with Crippen LogP contribution in [0.5, 0.6) is 0 Å². The number of likely N-dealkylation sites (tertiary alicyclic amines) is 1. The van der Waals surface area contributed by atoms with Crippen LogP contribution in [0.1, 0.15) is 31.4 Å². The molecule has 106 valence electrons. The third kappa shape index (κ3) is 2.99. The van der Waals surface area contributed by atoms with E-state index in [1.807, 2.05) is 0 Å². The Morgan fingerprint density at radius 2 is 2.00 bits per heavy atom. The Bertz CT molecular complexity index is 390. The van der Waals surface area contributed by atoms with Gasteiger partial charge in [0.05, 0.1) is 0 Å². The molecule has 0 aromatic heterocycles. The molecule has 2 unspecified atom stereocenters. The second-order valence-corrected chi connectivity index (χ2v) is 5.98. The first-order chi connectivity index (χ1) is 9.09. The quantitative estimate of drug-likeness (QED) is 0.901. The number of hydrogen-bond acceptors (Lipinski definition) is 3. The highest BCUT2D eigenvalue weighted by Gasteiger charge is 2.37. The van der Waals surface area contributed by atoms with E-state index in [2.05, 4.69) is 61.2 Å². The summed E-state index contributed by atoms with van der Waals surface area (Å²) >= 11 is 0. The lowest BCUT2D eigenvalue weighted by Crippen LogP contribution is -2.60. The van der Waals surface area contributed by atoms with Crippen LogP contribution in [0, 0.1) is 0 Å². The molecule has 1 heterocycles. The van der Waals surface area contributed by atoms with Gasteiger partial charge in [0.2, 0.25) is 0 Å². The molecule has 1 aliphatic heterocycles. The van der Waals surface area contributed by atoms with Crippen molar-refractivity contribution in [2.45, 2.75) is 31.3 Å². The minimum atomic E-state index is 0.140. The molecule has 2 rings (SSSR count). The summed E-state index contributed by atoms with van der Waals surface area (Å²) in [6, 6.07) is 11.2. The predicted molar refractivity (Wildman–Crippen MR) is 81.1 cm³/mol. The topological polar surface area (TPSA) is 32.5 Å². The summed E-state index contributed by atoms with van der Waals surface area (Å²) in [7, 11) is 4.31. The standard InChI is InChI=1S/C16H27N3/c1-14(15-8-5-4-6-9-15)19-11-7-10-16(12-17,13-19)18(2)3/h4-6,8-9,14H,7,10-13,17H2,1-3H3. The van der Waals surface area contributed by atoms with Gasteiger partial charge in [0.1, 0.15) is 0 Å². The number of piperidine rings is 1. The maximum Gasteiger partial charge on any atom is 0.0453 e. The van der Waals surface area contributed by atoms with Gasteiger partial charge in [0.15, 0.2) is 0 Å². The zero-order valence-corrected chi connectivity index (χ0v) is 12.5. The highest BCUT2D eigenvalue weighted by atomic mass is 15.3. The fourth-order valence-corrected chi connectivity index (χ4v) is 3.13. The zero-order valence-electron chi connectivity index (χ0n) is 12.5. The summed E-state index contributed by atoms with van der Waals surface area (Å²) in [6.07, 6.45) is 2.43. The van der Waals surface area contributed by atoms with Crippen molar-refractivity contribution in [2.75, 3.05) is 33.7 Å². The summed E-state index contributed by atoms with van der Waals surface area (Å²) in [6.45, 7) is 5.27. The summed E-state index contributed by atoms with van der Waals surface area (Å²) in [4.78, 5) is 4.89. The van der Waals surface area contributed by atoms with Gasteiger partial charge in [-0.3, -0.25) is 4.90 Å². The average molecular weight is 261 g/mol. The van der Waals surface area contributed by atoms with Gasteiger partial charge in [0, 0.05) is 24.7 Å². The SMILES string of the molecule is CC(c1ccccc1)N1CCCC(CN)(N(C)C)C1. The van der Waals surface area contributed by atoms with Gasteiger partial charge < -0.3 is 10.6 Å². The van der Waals surface area contributed by atoms with Gasteiger partial charge in [-0.05, 0) is 46.0 Å². The Kier molecular flexibility index (Phi) is 4.61. The van der Waals surface area contributed by atoms with E-state index in [9.17, 15) is 0 Å². The van der Waals surface area contributed by atoms with Crippen LogP contribution in [0.4, 0.5) is 0 Å². The monoisotopic (exact) mass is 261 g/mol. The number of benzene rings is 1. The van der Waals surface area contributed by atoms with Crippen LogP contribution in [-0.2, 0) is 0 Å². The third-order valence-corrected chi connectivity index (χ3v) is 4.74. The fourth-order valence-electron chi connectivity index (χ4n) is 3.13. The summed E-state index contributed by atoms with van der Waals surface area (Å²) in [5.74, 6) is 0.